The number of sulfonamides is 1. The molecule has 2 aromatic carbocycles. The quantitative estimate of drug-likeness (QED) is 0.790. The predicted molar refractivity (Wildman–Crippen MR) is 113 cm³/mol. The van der Waals surface area contributed by atoms with Gasteiger partial charge < -0.3 is 5.32 Å². The summed E-state index contributed by atoms with van der Waals surface area (Å²) in [5.41, 5.74) is 3.56. The fraction of sp³-hybridized carbons (Fsp3) is 0.381. The fourth-order valence-electron chi connectivity index (χ4n) is 3.46. The Morgan fingerprint density at radius 2 is 1.96 bits per heavy atom. The SMILES string of the molecule is Cc1cccc(NC(=O)[C@@H]2CCCN(S(=O)(=O)Cc3cccc(Cl)c3)C2)c1C. The van der Waals surface area contributed by atoms with E-state index in [1.807, 2.05) is 32.0 Å². The lowest BCUT2D eigenvalue weighted by molar-refractivity contribution is -0.120. The summed E-state index contributed by atoms with van der Waals surface area (Å²) in [5, 5.41) is 3.48. The number of hydrogen-bond acceptors (Lipinski definition) is 3. The lowest BCUT2D eigenvalue weighted by Gasteiger charge is -2.31. The minimum atomic E-state index is -3.51. The molecular formula is C21H25ClN2O3S. The fourth-order valence-corrected chi connectivity index (χ4v) is 5.27. The number of piperidine rings is 1. The Morgan fingerprint density at radius 1 is 1.21 bits per heavy atom. The van der Waals surface area contributed by atoms with E-state index in [0.29, 0.717) is 30.0 Å². The zero-order chi connectivity index (χ0) is 20.3. The Balaban J connectivity index is 1.69. The average molecular weight is 421 g/mol. The normalized spacial score (nSPS) is 18.0. The first-order valence-corrected chi connectivity index (χ1v) is 11.3. The maximum Gasteiger partial charge on any atom is 0.228 e. The molecule has 1 aliphatic rings. The number of aryl methyl sites for hydroxylation is 1. The van der Waals surface area contributed by atoms with E-state index in [9.17, 15) is 13.2 Å². The van der Waals surface area contributed by atoms with E-state index in [4.69, 9.17) is 11.6 Å². The predicted octanol–water partition coefficient (Wildman–Crippen LogP) is 4.14. The maximum atomic E-state index is 12.8. The van der Waals surface area contributed by atoms with Crippen molar-refractivity contribution in [2.45, 2.75) is 32.4 Å². The highest BCUT2D eigenvalue weighted by atomic mass is 35.5. The van der Waals surface area contributed by atoms with Gasteiger partial charge in [-0.2, -0.15) is 0 Å². The number of anilines is 1. The van der Waals surface area contributed by atoms with E-state index in [-0.39, 0.29) is 24.1 Å². The molecule has 150 valence electrons. The van der Waals surface area contributed by atoms with Crippen LogP contribution in [0, 0.1) is 19.8 Å². The van der Waals surface area contributed by atoms with Gasteiger partial charge in [-0.15, -0.1) is 0 Å². The number of rotatable bonds is 5. The number of carbonyl (C=O) groups excluding carboxylic acids is 1. The van der Waals surface area contributed by atoms with Gasteiger partial charge in [0.2, 0.25) is 15.9 Å². The number of halogens is 1. The van der Waals surface area contributed by atoms with Gasteiger partial charge in [-0.3, -0.25) is 4.79 Å². The lowest BCUT2D eigenvalue weighted by atomic mass is 9.98. The van der Waals surface area contributed by atoms with Gasteiger partial charge in [0.05, 0.1) is 11.7 Å². The van der Waals surface area contributed by atoms with E-state index < -0.39 is 10.0 Å². The molecule has 3 rings (SSSR count). The van der Waals surface area contributed by atoms with E-state index in [0.717, 1.165) is 16.8 Å². The number of amides is 1. The Morgan fingerprint density at radius 3 is 2.71 bits per heavy atom. The van der Waals surface area contributed by atoms with Crippen LogP contribution in [0.15, 0.2) is 42.5 Å². The van der Waals surface area contributed by atoms with Crippen molar-refractivity contribution in [1.29, 1.82) is 0 Å². The number of nitrogens with zero attached hydrogens (tertiary/aromatic N) is 1. The first-order valence-electron chi connectivity index (χ1n) is 9.35. The summed E-state index contributed by atoms with van der Waals surface area (Å²) in [6.07, 6.45) is 1.35. The summed E-state index contributed by atoms with van der Waals surface area (Å²) in [7, 11) is -3.51. The summed E-state index contributed by atoms with van der Waals surface area (Å²) in [6, 6.07) is 12.6. The molecule has 1 amide bonds. The minimum absolute atomic E-state index is 0.112. The number of hydrogen-bond donors (Lipinski definition) is 1. The number of carbonyl (C=O) groups is 1. The van der Waals surface area contributed by atoms with Crippen LogP contribution in [-0.2, 0) is 20.6 Å². The topological polar surface area (TPSA) is 66.5 Å². The third-order valence-electron chi connectivity index (χ3n) is 5.25. The molecule has 0 aromatic heterocycles. The van der Waals surface area contributed by atoms with Gasteiger partial charge in [0.1, 0.15) is 0 Å². The average Bonchev–Trinajstić information content (AvgIpc) is 2.65. The van der Waals surface area contributed by atoms with Crippen molar-refractivity contribution in [1.82, 2.24) is 4.31 Å². The van der Waals surface area contributed by atoms with Crippen molar-refractivity contribution in [3.8, 4) is 0 Å². The molecule has 1 aliphatic heterocycles. The first kappa shape index (κ1) is 20.8. The molecule has 0 aliphatic carbocycles. The van der Waals surface area contributed by atoms with Gasteiger partial charge in [-0.1, -0.05) is 35.9 Å². The lowest BCUT2D eigenvalue weighted by Crippen LogP contribution is -2.44. The molecule has 28 heavy (non-hydrogen) atoms. The van der Waals surface area contributed by atoms with Gasteiger partial charge in [-0.05, 0) is 61.6 Å². The van der Waals surface area contributed by atoms with Gasteiger partial charge in [0, 0.05) is 23.8 Å². The van der Waals surface area contributed by atoms with Crippen LogP contribution < -0.4 is 5.32 Å². The van der Waals surface area contributed by atoms with Gasteiger partial charge >= 0.3 is 0 Å². The molecule has 0 spiro atoms. The summed E-state index contributed by atoms with van der Waals surface area (Å²) in [6.45, 7) is 4.61. The van der Waals surface area contributed by atoms with Crippen LogP contribution in [0.1, 0.15) is 29.5 Å². The van der Waals surface area contributed by atoms with Gasteiger partial charge in [0.15, 0.2) is 0 Å². The molecule has 0 radical (unpaired) electrons. The van der Waals surface area contributed by atoms with E-state index in [2.05, 4.69) is 5.32 Å². The standard InChI is InChI=1S/C21H25ClN2O3S/c1-15-6-3-10-20(16(15)2)23-21(25)18-8-5-11-24(13-18)28(26,27)14-17-7-4-9-19(22)12-17/h3-4,6-7,9-10,12,18H,5,8,11,13-14H2,1-2H3,(H,23,25)/t18-/m1/s1. The smallest absolute Gasteiger partial charge is 0.228 e. The van der Waals surface area contributed by atoms with E-state index >= 15 is 0 Å². The Kier molecular flexibility index (Phi) is 6.43. The second-order valence-corrected chi connectivity index (χ2v) is 9.73. The minimum Gasteiger partial charge on any atom is -0.326 e. The van der Waals surface area contributed by atoms with Crippen LogP contribution in [0.4, 0.5) is 5.69 Å². The monoisotopic (exact) mass is 420 g/mol. The van der Waals surface area contributed by atoms with Crippen molar-refractivity contribution in [3.05, 3.63) is 64.2 Å². The highest BCUT2D eigenvalue weighted by molar-refractivity contribution is 7.88. The van der Waals surface area contributed by atoms with Crippen LogP contribution in [0.2, 0.25) is 5.02 Å². The molecule has 1 fully saturated rings. The van der Waals surface area contributed by atoms with Gasteiger partial charge in [-0.25, -0.2) is 12.7 Å². The van der Waals surface area contributed by atoms with Crippen molar-refractivity contribution >= 4 is 33.2 Å². The van der Waals surface area contributed by atoms with Crippen LogP contribution in [0.5, 0.6) is 0 Å². The van der Waals surface area contributed by atoms with Crippen molar-refractivity contribution in [2.75, 3.05) is 18.4 Å². The molecule has 0 bridgehead atoms. The Hall–Kier alpha value is -1.89. The Bertz CT molecular complexity index is 975. The molecular weight excluding hydrogens is 396 g/mol. The first-order chi connectivity index (χ1) is 13.3. The highest BCUT2D eigenvalue weighted by Gasteiger charge is 2.32. The van der Waals surface area contributed by atoms with Crippen LogP contribution in [0.3, 0.4) is 0 Å². The van der Waals surface area contributed by atoms with Crippen LogP contribution >= 0.6 is 11.6 Å². The molecule has 1 N–H and O–H groups in total. The summed E-state index contributed by atoms with van der Waals surface area (Å²) >= 11 is 5.96. The summed E-state index contributed by atoms with van der Waals surface area (Å²) in [5.74, 6) is -0.599. The maximum absolute atomic E-state index is 12.8. The van der Waals surface area contributed by atoms with Crippen molar-refractivity contribution in [3.63, 3.8) is 0 Å². The number of benzene rings is 2. The zero-order valence-electron chi connectivity index (χ0n) is 16.1. The molecule has 0 unspecified atom stereocenters. The molecule has 1 heterocycles. The van der Waals surface area contributed by atoms with Gasteiger partial charge in [0.25, 0.3) is 0 Å². The third kappa shape index (κ3) is 4.93. The zero-order valence-corrected chi connectivity index (χ0v) is 17.7. The molecule has 2 aromatic rings. The number of nitrogens with one attached hydrogen (secondary N) is 1. The van der Waals surface area contributed by atoms with Crippen LogP contribution in [0.25, 0.3) is 0 Å². The second kappa shape index (κ2) is 8.64. The Labute approximate surface area is 171 Å². The van der Waals surface area contributed by atoms with E-state index in [1.165, 1.54) is 4.31 Å². The van der Waals surface area contributed by atoms with E-state index in [1.54, 1.807) is 24.3 Å². The molecule has 1 atom stereocenters. The molecule has 7 heteroatoms. The third-order valence-corrected chi connectivity index (χ3v) is 7.30. The molecule has 1 saturated heterocycles. The van der Waals surface area contributed by atoms with Crippen molar-refractivity contribution in [2.24, 2.45) is 5.92 Å². The highest BCUT2D eigenvalue weighted by Crippen LogP contribution is 2.25. The molecule has 0 saturated carbocycles. The second-order valence-electron chi connectivity index (χ2n) is 7.32. The molecule has 5 nitrogen and oxygen atoms in total. The van der Waals surface area contributed by atoms with Crippen LogP contribution in [-0.4, -0.2) is 31.7 Å². The summed E-state index contributed by atoms with van der Waals surface area (Å²) in [4.78, 5) is 12.8. The summed E-state index contributed by atoms with van der Waals surface area (Å²) < 4.78 is 27.1. The van der Waals surface area contributed by atoms with Crippen molar-refractivity contribution < 1.29 is 13.2 Å². The largest absolute Gasteiger partial charge is 0.326 e.